The Labute approximate surface area is 162 Å². The van der Waals surface area contributed by atoms with Crippen LogP contribution in [0.3, 0.4) is 0 Å². The molecule has 4 rings (SSSR count). The Hall–Kier alpha value is -2.73. The van der Waals surface area contributed by atoms with E-state index in [1.54, 1.807) is 18.9 Å². The molecule has 6 heteroatoms. The summed E-state index contributed by atoms with van der Waals surface area (Å²) in [4.78, 5) is 20.1. The lowest BCUT2D eigenvalue weighted by atomic mass is 10.0. The number of carbonyl (C=O) groups is 1. The van der Waals surface area contributed by atoms with Crippen molar-refractivity contribution in [2.75, 3.05) is 19.4 Å². The number of aryl methyl sites for hydroxylation is 1. The molecule has 0 saturated carbocycles. The number of methoxy groups -OCH3 is 1. The third-order valence-corrected chi connectivity index (χ3v) is 5.52. The van der Waals surface area contributed by atoms with Crippen LogP contribution in [0.4, 0.5) is 0 Å². The van der Waals surface area contributed by atoms with E-state index in [1.165, 1.54) is 0 Å². The van der Waals surface area contributed by atoms with E-state index in [2.05, 4.69) is 27.4 Å². The maximum Gasteiger partial charge on any atom is 0.226 e. The number of nitrogens with zero attached hydrogens (tertiary/aromatic N) is 1. The van der Waals surface area contributed by atoms with Crippen LogP contribution in [0.25, 0.3) is 22.2 Å². The average Bonchev–Trinajstić information content (AvgIpc) is 3.34. The topological polar surface area (TPSA) is 66.5 Å². The van der Waals surface area contributed by atoms with Gasteiger partial charge >= 0.3 is 0 Å². The summed E-state index contributed by atoms with van der Waals surface area (Å²) in [5.74, 6) is 1.78. The Bertz CT molecular complexity index is 992. The molecule has 0 atom stereocenters. The quantitative estimate of drug-likeness (QED) is 0.704. The van der Waals surface area contributed by atoms with Crippen LogP contribution in [0.1, 0.15) is 12.0 Å². The van der Waals surface area contributed by atoms with Crippen molar-refractivity contribution in [2.45, 2.75) is 12.8 Å². The monoisotopic (exact) mass is 379 g/mol. The standard InChI is InChI=1S/C21H21N3O2S/c1-26-15-8-6-14(7-9-15)20-17(16-4-2-3-5-18(16)23-20)10-11-19(25)24-21-22-12-13-27-21/h2-9,23H,10-13H2,1H3,(H,22,24,25). The van der Waals surface area contributed by atoms with Crippen molar-refractivity contribution in [3.8, 4) is 17.0 Å². The highest BCUT2D eigenvalue weighted by atomic mass is 32.2. The summed E-state index contributed by atoms with van der Waals surface area (Å²) in [6, 6.07) is 16.2. The Balaban J connectivity index is 1.60. The lowest BCUT2D eigenvalue weighted by Gasteiger charge is -2.07. The molecule has 1 aliphatic heterocycles. The molecule has 0 radical (unpaired) electrons. The zero-order valence-electron chi connectivity index (χ0n) is 15.1. The summed E-state index contributed by atoms with van der Waals surface area (Å²) in [5.41, 5.74) is 4.37. The number of nitrogens with one attached hydrogen (secondary N) is 2. The van der Waals surface area contributed by atoms with Crippen LogP contribution in [-0.4, -0.2) is 35.5 Å². The normalized spacial score (nSPS) is 13.6. The van der Waals surface area contributed by atoms with E-state index in [0.717, 1.165) is 50.9 Å². The molecule has 138 valence electrons. The first-order valence-electron chi connectivity index (χ1n) is 8.95. The maximum absolute atomic E-state index is 12.3. The van der Waals surface area contributed by atoms with Crippen LogP contribution < -0.4 is 10.1 Å². The van der Waals surface area contributed by atoms with E-state index in [1.807, 2.05) is 36.4 Å². The predicted molar refractivity (Wildman–Crippen MR) is 112 cm³/mol. The number of fused-ring (bicyclic) bond motifs is 1. The SMILES string of the molecule is COc1ccc(-c2[nH]c3ccccc3c2CCC(=O)NC2=NCCS2)cc1. The maximum atomic E-state index is 12.3. The number of aromatic amines is 1. The van der Waals surface area contributed by atoms with Crippen LogP contribution in [0.15, 0.2) is 53.5 Å². The highest BCUT2D eigenvalue weighted by Gasteiger charge is 2.16. The fraction of sp³-hybridized carbons (Fsp3) is 0.238. The van der Waals surface area contributed by atoms with Gasteiger partial charge in [0, 0.05) is 28.8 Å². The number of ether oxygens (including phenoxy) is 1. The van der Waals surface area contributed by atoms with Gasteiger partial charge in [-0.05, 0) is 47.9 Å². The molecule has 5 nitrogen and oxygen atoms in total. The third-order valence-electron chi connectivity index (χ3n) is 4.63. The van der Waals surface area contributed by atoms with E-state index in [9.17, 15) is 4.79 Å². The molecular weight excluding hydrogens is 358 g/mol. The number of rotatable bonds is 5. The number of aromatic nitrogens is 1. The number of para-hydroxylation sites is 1. The number of hydrogen-bond acceptors (Lipinski definition) is 4. The van der Waals surface area contributed by atoms with Gasteiger partial charge in [-0.25, -0.2) is 0 Å². The predicted octanol–water partition coefficient (Wildman–Crippen LogP) is 4.00. The van der Waals surface area contributed by atoms with Crippen molar-refractivity contribution in [3.63, 3.8) is 0 Å². The Kier molecular flexibility index (Phi) is 5.16. The van der Waals surface area contributed by atoms with Gasteiger partial charge in [0.15, 0.2) is 5.17 Å². The molecule has 0 bridgehead atoms. The average molecular weight is 379 g/mol. The number of amidine groups is 1. The fourth-order valence-electron chi connectivity index (χ4n) is 3.29. The summed E-state index contributed by atoms with van der Waals surface area (Å²) in [6.07, 6.45) is 1.08. The van der Waals surface area contributed by atoms with Gasteiger partial charge in [0.25, 0.3) is 0 Å². The highest BCUT2D eigenvalue weighted by Crippen LogP contribution is 2.32. The van der Waals surface area contributed by atoms with Gasteiger partial charge in [-0.1, -0.05) is 30.0 Å². The Morgan fingerprint density at radius 3 is 2.78 bits per heavy atom. The Morgan fingerprint density at radius 2 is 2.04 bits per heavy atom. The van der Waals surface area contributed by atoms with Gasteiger partial charge < -0.3 is 15.0 Å². The molecule has 1 aliphatic rings. The molecule has 1 aromatic heterocycles. The van der Waals surface area contributed by atoms with Crippen LogP contribution in [-0.2, 0) is 11.2 Å². The van der Waals surface area contributed by atoms with Gasteiger partial charge in [-0.15, -0.1) is 0 Å². The van der Waals surface area contributed by atoms with E-state index in [-0.39, 0.29) is 5.91 Å². The first-order valence-corrected chi connectivity index (χ1v) is 9.94. The summed E-state index contributed by atoms with van der Waals surface area (Å²) in [5, 5.41) is 4.81. The van der Waals surface area contributed by atoms with Crippen molar-refractivity contribution in [1.82, 2.24) is 10.3 Å². The van der Waals surface area contributed by atoms with Crippen molar-refractivity contribution in [3.05, 3.63) is 54.1 Å². The van der Waals surface area contributed by atoms with Crippen molar-refractivity contribution in [2.24, 2.45) is 4.99 Å². The van der Waals surface area contributed by atoms with Gasteiger partial charge in [-0.3, -0.25) is 9.79 Å². The van der Waals surface area contributed by atoms with Gasteiger partial charge in [0.1, 0.15) is 5.75 Å². The number of benzene rings is 2. The summed E-state index contributed by atoms with van der Waals surface area (Å²) in [7, 11) is 1.66. The number of amides is 1. The highest BCUT2D eigenvalue weighted by molar-refractivity contribution is 8.14. The minimum atomic E-state index is 0.00844. The van der Waals surface area contributed by atoms with Crippen LogP contribution in [0.2, 0.25) is 0 Å². The lowest BCUT2D eigenvalue weighted by Crippen LogP contribution is -2.27. The van der Waals surface area contributed by atoms with Crippen LogP contribution in [0, 0.1) is 0 Å². The molecular formula is C21H21N3O2S. The van der Waals surface area contributed by atoms with E-state index >= 15 is 0 Å². The second-order valence-electron chi connectivity index (χ2n) is 6.34. The zero-order valence-corrected chi connectivity index (χ0v) is 15.9. The first kappa shape index (κ1) is 17.7. The number of H-pyrrole nitrogens is 1. The molecule has 2 aromatic carbocycles. The second-order valence-corrected chi connectivity index (χ2v) is 7.42. The number of carbonyl (C=O) groups excluding carboxylic acids is 1. The van der Waals surface area contributed by atoms with Crippen LogP contribution >= 0.6 is 11.8 Å². The molecule has 3 aromatic rings. The molecule has 0 saturated heterocycles. The van der Waals surface area contributed by atoms with Gasteiger partial charge in [0.2, 0.25) is 5.91 Å². The summed E-state index contributed by atoms with van der Waals surface area (Å²) in [6.45, 7) is 0.782. The van der Waals surface area contributed by atoms with E-state index in [4.69, 9.17) is 4.74 Å². The zero-order chi connectivity index (χ0) is 18.6. The fourth-order valence-corrected chi connectivity index (χ4v) is 4.04. The molecule has 0 unspecified atom stereocenters. The van der Waals surface area contributed by atoms with Crippen LogP contribution in [0.5, 0.6) is 5.75 Å². The third kappa shape index (κ3) is 3.85. The van der Waals surface area contributed by atoms with Gasteiger partial charge in [-0.2, -0.15) is 0 Å². The van der Waals surface area contributed by atoms with E-state index in [0.29, 0.717) is 12.8 Å². The van der Waals surface area contributed by atoms with Crippen molar-refractivity contribution in [1.29, 1.82) is 0 Å². The molecule has 2 N–H and O–H groups in total. The second kappa shape index (κ2) is 7.88. The summed E-state index contributed by atoms with van der Waals surface area (Å²) >= 11 is 1.60. The smallest absolute Gasteiger partial charge is 0.226 e. The Morgan fingerprint density at radius 1 is 1.22 bits per heavy atom. The lowest BCUT2D eigenvalue weighted by molar-refractivity contribution is -0.119. The number of aliphatic imine (C=N–C) groups is 1. The first-order chi connectivity index (χ1) is 13.2. The molecule has 1 amide bonds. The number of thioether (sulfide) groups is 1. The molecule has 0 aliphatic carbocycles. The number of hydrogen-bond donors (Lipinski definition) is 2. The van der Waals surface area contributed by atoms with E-state index < -0.39 is 0 Å². The van der Waals surface area contributed by atoms with Crippen molar-refractivity contribution < 1.29 is 9.53 Å². The summed E-state index contributed by atoms with van der Waals surface area (Å²) < 4.78 is 5.26. The molecule has 0 spiro atoms. The minimum Gasteiger partial charge on any atom is -0.497 e. The molecule has 2 heterocycles. The van der Waals surface area contributed by atoms with Gasteiger partial charge in [0.05, 0.1) is 13.7 Å². The molecule has 27 heavy (non-hydrogen) atoms. The van der Waals surface area contributed by atoms with Crippen molar-refractivity contribution >= 4 is 33.7 Å². The molecule has 0 fully saturated rings. The largest absolute Gasteiger partial charge is 0.497 e. The minimum absolute atomic E-state index is 0.00844.